The Morgan fingerprint density at radius 3 is 2.70 bits per heavy atom. The minimum Gasteiger partial charge on any atom is -0.491 e. The van der Waals surface area contributed by atoms with E-state index in [9.17, 15) is 4.79 Å². The van der Waals surface area contributed by atoms with Crippen LogP contribution in [0.25, 0.3) is 0 Å². The van der Waals surface area contributed by atoms with Gasteiger partial charge in [0.1, 0.15) is 12.4 Å². The summed E-state index contributed by atoms with van der Waals surface area (Å²) in [5.74, 6) is 1.53. The maximum atomic E-state index is 11.8. The number of nitrogens with one attached hydrogen (secondary N) is 3. The molecule has 0 saturated heterocycles. The van der Waals surface area contributed by atoms with Crippen molar-refractivity contribution in [2.75, 3.05) is 33.9 Å². The summed E-state index contributed by atoms with van der Waals surface area (Å²) < 4.78 is 10.8. The maximum Gasteiger partial charge on any atom is 0.221 e. The number of guanidine groups is 1. The number of carbonyl (C=O) groups excluding carboxylic acids is 1. The van der Waals surface area contributed by atoms with Crippen molar-refractivity contribution < 1.29 is 14.3 Å². The summed E-state index contributed by atoms with van der Waals surface area (Å²) in [6.45, 7) is 8.22. The zero-order valence-electron chi connectivity index (χ0n) is 17.2. The monoisotopic (exact) mass is 378 g/mol. The third kappa shape index (κ3) is 9.28. The number of methoxy groups -OCH3 is 1. The molecule has 0 fully saturated rings. The number of nitrogens with zero attached hydrogens (tertiary/aromatic N) is 1. The Kier molecular flexibility index (Phi) is 10.9. The second-order valence-corrected chi connectivity index (χ2v) is 6.43. The summed E-state index contributed by atoms with van der Waals surface area (Å²) in [6.07, 6.45) is 1.33. The van der Waals surface area contributed by atoms with Crippen LogP contribution in [-0.2, 0) is 16.1 Å². The molecular formula is C20H34N4O3. The fourth-order valence-corrected chi connectivity index (χ4v) is 2.32. The van der Waals surface area contributed by atoms with Crippen LogP contribution < -0.4 is 20.7 Å². The van der Waals surface area contributed by atoms with E-state index in [0.717, 1.165) is 23.3 Å². The Morgan fingerprint density at radius 2 is 2.04 bits per heavy atom. The summed E-state index contributed by atoms with van der Waals surface area (Å²) in [5.41, 5.74) is 2.18. The van der Waals surface area contributed by atoms with Crippen molar-refractivity contribution >= 4 is 11.9 Å². The molecule has 3 N–H and O–H groups in total. The average Bonchev–Trinajstić information content (AvgIpc) is 2.65. The van der Waals surface area contributed by atoms with Gasteiger partial charge in [-0.15, -0.1) is 0 Å². The summed E-state index contributed by atoms with van der Waals surface area (Å²) in [7, 11) is 3.36. The van der Waals surface area contributed by atoms with Gasteiger partial charge in [-0.1, -0.05) is 19.1 Å². The van der Waals surface area contributed by atoms with Gasteiger partial charge in [0.15, 0.2) is 5.96 Å². The van der Waals surface area contributed by atoms with Crippen LogP contribution in [0, 0.1) is 6.92 Å². The van der Waals surface area contributed by atoms with Crippen molar-refractivity contribution in [3.63, 3.8) is 0 Å². The minimum absolute atomic E-state index is 0.0414. The highest BCUT2D eigenvalue weighted by atomic mass is 16.5. The lowest BCUT2D eigenvalue weighted by atomic mass is 10.1. The van der Waals surface area contributed by atoms with Gasteiger partial charge in [0, 0.05) is 45.3 Å². The fourth-order valence-electron chi connectivity index (χ4n) is 2.32. The molecule has 7 heteroatoms. The third-order valence-corrected chi connectivity index (χ3v) is 4.10. The van der Waals surface area contributed by atoms with Gasteiger partial charge >= 0.3 is 0 Å². The Labute approximate surface area is 162 Å². The van der Waals surface area contributed by atoms with Crippen LogP contribution in [-0.4, -0.2) is 51.8 Å². The number of benzene rings is 1. The molecule has 0 aliphatic rings. The number of hydrogen-bond donors (Lipinski definition) is 3. The lowest BCUT2D eigenvalue weighted by Gasteiger charge is -2.16. The topological polar surface area (TPSA) is 84.0 Å². The van der Waals surface area contributed by atoms with Crippen molar-refractivity contribution in [3.8, 4) is 5.75 Å². The molecule has 1 aromatic rings. The van der Waals surface area contributed by atoms with Crippen molar-refractivity contribution in [1.82, 2.24) is 16.0 Å². The van der Waals surface area contributed by atoms with Crippen molar-refractivity contribution in [2.45, 2.75) is 46.2 Å². The first-order valence-corrected chi connectivity index (χ1v) is 9.45. The summed E-state index contributed by atoms with van der Waals surface area (Å²) in [5, 5.41) is 9.37. The Morgan fingerprint density at radius 1 is 1.26 bits per heavy atom. The smallest absolute Gasteiger partial charge is 0.221 e. The van der Waals surface area contributed by atoms with Crippen LogP contribution in [0.15, 0.2) is 23.2 Å². The van der Waals surface area contributed by atoms with Gasteiger partial charge in [0.2, 0.25) is 5.91 Å². The average molecular weight is 379 g/mol. The van der Waals surface area contributed by atoms with Crippen LogP contribution in [0.3, 0.4) is 0 Å². The van der Waals surface area contributed by atoms with Gasteiger partial charge in [-0.25, -0.2) is 0 Å². The van der Waals surface area contributed by atoms with Crippen molar-refractivity contribution in [2.24, 2.45) is 4.99 Å². The van der Waals surface area contributed by atoms with Gasteiger partial charge in [-0.05, 0) is 31.9 Å². The molecule has 27 heavy (non-hydrogen) atoms. The molecule has 0 saturated carbocycles. The lowest BCUT2D eigenvalue weighted by molar-refractivity contribution is -0.121. The summed E-state index contributed by atoms with van der Waals surface area (Å²) >= 11 is 0. The largest absolute Gasteiger partial charge is 0.491 e. The molecule has 7 nitrogen and oxygen atoms in total. The second kappa shape index (κ2) is 13.0. The number of carbonyl (C=O) groups is 1. The van der Waals surface area contributed by atoms with Crippen LogP contribution in [0.4, 0.5) is 0 Å². The van der Waals surface area contributed by atoms with Crippen LogP contribution in [0.5, 0.6) is 5.75 Å². The Bertz CT molecular complexity index is 605. The molecule has 0 heterocycles. The van der Waals surface area contributed by atoms with Crippen molar-refractivity contribution in [3.05, 3.63) is 29.3 Å². The maximum absolute atomic E-state index is 11.8. The van der Waals surface area contributed by atoms with E-state index in [2.05, 4.69) is 27.0 Å². The minimum atomic E-state index is 0.0414. The number of aliphatic imine (C=N–C) groups is 1. The highest BCUT2D eigenvalue weighted by molar-refractivity contribution is 5.81. The molecule has 1 unspecified atom stereocenters. The zero-order valence-corrected chi connectivity index (χ0v) is 17.2. The predicted octanol–water partition coefficient (Wildman–Crippen LogP) is 1.99. The molecular weight excluding hydrogens is 344 g/mol. The fraction of sp³-hybridized carbons (Fsp3) is 0.600. The van der Waals surface area contributed by atoms with E-state index in [0.29, 0.717) is 38.7 Å². The molecule has 0 aliphatic carbocycles. The van der Waals surface area contributed by atoms with Gasteiger partial charge in [0.05, 0.1) is 6.61 Å². The van der Waals surface area contributed by atoms with Crippen LogP contribution in [0.1, 0.15) is 37.8 Å². The zero-order chi connectivity index (χ0) is 20.1. The first kappa shape index (κ1) is 22.8. The molecule has 0 aromatic heterocycles. The molecule has 1 rings (SSSR count). The number of hydrogen-bond acceptors (Lipinski definition) is 4. The number of rotatable bonds is 11. The summed E-state index contributed by atoms with van der Waals surface area (Å²) in [6, 6.07) is 6.31. The van der Waals surface area contributed by atoms with Crippen LogP contribution >= 0.6 is 0 Å². The van der Waals surface area contributed by atoms with E-state index in [1.165, 1.54) is 0 Å². The highest BCUT2D eigenvalue weighted by Gasteiger charge is 2.08. The standard InChI is InChI=1S/C20H34N4O3/c1-6-16(3)24-19(25)9-10-22-20(21-4)23-14-17-8-7-15(2)13-18(17)27-12-11-26-5/h7-8,13,16H,6,9-12,14H2,1-5H3,(H,24,25)(H2,21,22,23). The normalized spacial score (nSPS) is 12.4. The van der Waals surface area contributed by atoms with Gasteiger partial charge in [0.25, 0.3) is 0 Å². The van der Waals surface area contributed by atoms with Gasteiger partial charge < -0.3 is 25.4 Å². The van der Waals surface area contributed by atoms with Gasteiger partial charge in [-0.2, -0.15) is 0 Å². The van der Waals surface area contributed by atoms with E-state index >= 15 is 0 Å². The van der Waals surface area contributed by atoms with Gasteiger partial charge in [-0.3, -0.25) is 9.79 Å². The van der Waals surface area contributed by atoms with E-state index in [4.69, 9.17) is 9.47 Å². The molecule has 1 amide bonds. The number of ether oxygens (including phenoxy) is 2. The Hall–Kier alpha value is -2.28. The predicted molar refractivity (Wildman–Crippen MR) is 109 cm³/mol. The lowest BCUT2D eigenvalue weighted by Crippen LogP contribution is -2.40. The van der Waals surface area contributed by atoms with Crippen LogP contribution in [0.2, 0.25) is 0 Å². The SMILES string of the molecule is CCC(C)NC(=O)CCNC(=NC)NCc1ccc(C)cc1OCCOC. The Balaban J connectivity index is 2.49. The molecule has 0 aliphatic heterocycles. The molecule has 0 radical (unpaired) electrons. The molecule has 0 spiro atoms. The second-order valence-electron chi connectivity index (χ2n) is 6.43. The summed E-state index contributed by atoms with van der Waals surface area (Å²) in [4.78, 5) is 16.0. The number of aryl methyl sites for hydroxylation is 1. The van der Waals surface area contributed by atoms with E-state index < -0.39 is 0 Å². The molecule has 1 atom stereocenters. The molecule has 0 bridgehead atoms. The first-order chi connectivity index (χ1) is 13.0. The highest BCUT2D eigenvalue weighted by Crippen LogP contribution is 2.20. The van der Waals surface area contributed by atoms with E-state index in [-0.39, 0.29) is 11.9 Å². The quantitative estimate of drug-likeness (QED) is 0.312. The van der Waals surface area contributed by atoms with Crippen molar-refractivity contribution in [1.29, 1.82) is 0 Å². The number of amides is 1. The molecule has 152 valence electrons. The van der Waals surface area contributed by atoms with E-state index in [1.807, 2.05) is 32.9 Å². The van der Waals surface area contributed by atoms with E-state index in [1.54, 1.807) is 14.2 Å². The third-order valence-electron chi connectivity index (χ3n) is 4.10. The first-order valence-electron chi connectivity index (χ1n) is 9.45. The molecule has 1 aromatic carbocycles.